The SMILES string of the molecule is CCN=c1scc(C)n1N=Cc1ccc(OCC)cc1O. The van der Waals surface area contributed by atoms with Crippen LogP contribution in [-0.4, -0.2) is 29.1 Å². The number of aromatic nitrogens is 1. The van der Waals surface area contributed by atoms with Gasteiger partial charge in [0.1, 0.15) is 11.5 Å². The standard InChI is InChI=1S/C15H19N3O2S/c1-4-16-15-18(11(3)10-21-15)17-9-12-6-7-13(20-5-2)8-14(12)19/h6-10,19H,4-5H2,1-3H3. The van der Waals surface area contributed by atoms with Crippen molar-refractivity contribution in [3.8, 4) is 11.5 Å². The van der Waals surface area contributed by atoms with Gasteiger partial charge in [0.15, 0.2) is 0 Å². The van der Waals surface area contributed by atoms with Gasteiger partial charge in [-0.3, -0.25) is 4.99 Å². The Labute approximate surface area is 127 Å². The van der Waals surface area contributed by atoms with Gasteiger partial charge in [-0.25, -0.2) is 4.68 Å². The molecule has 0 unspecified atom stereocenters. The number of phenols is 1. The van der Waals surface area contributed by atoms with Crippen molar-refractivity contribution in [2.24, 2.45) is 10.1 Å². The predicted molar refractivity (Wildman–Crippen MR) is 85.4 cm³/mol. The number of rotatable bonds is 5. The summed E-state index contributed by atoms with van der Waals surface area (Å²) in [5, 5.41) is 16.4. The third kappa shape index (κ3) is 3.72. The number of hydrogen-bond donors (Lipinski definition) is 1. The summed E-state index contributed by atoms with van der Waals surface area (Å²) in [4.78, 5) is 5.23. The fraction of sp³-hybridized carbons (Fsp3) is 0.333. The number of aryl methyl sites for hydroxylation is 1. The van der Waals surface area contributed by atoms with Crippen molar-refractivity contribution in [1.82, 2.24) is 4.68 Å². The molecule has 0 atom stereocenters. The van der Waals surface area contributed by atoms with E-state index in [0.29, 0.717) is 24.5 Å². The number of hydrogen-bond acceptors (Lipinski definition) is 5. The number of aromatic hydroxyl groups is 1. The summed E-state index contributed by atoms with van der Waals surface area (Å²) < 4.78 is 7.11. The Morgan fingerprint density at radius 2 is 2.19 bits per heavy atom. The molecule has 1 aromatic heterocycles. The Kier molecular flexibility index (Phi) is 5.16. The second kappa shape index (κ2) is 7.08. The highest BCUT2D eigenvalue weighted by atomic mass is 32.1. The van der Waals surface area contributed by atoms with E-state index in [1.54, 1.807) is 34.4 Å². The predicted octanol–water partition coefficient (Wildman–Crippen LogP) is 2.77. The van der Waals surface area contributed by atoms with E-state index in [2.05, 4.69) is 10.1 Å². The molecule has 1 heterocycles. The van der Waals surface area contributed by atoms with Crippen molar-refractivity contribution < 1.29 is 9.84 Å². The number of nitrogens with zero attached hydrogens (tertiary/aromatic N) is 3. The van der Waals surface area contributed by atoms with Crippen LogP contribution in [0.2, 0.25) is 0 Å². The monoisotopic (exact) mass is 305 g/mol. The molecule has 2 aromatic rings. The van der Waals surface area contributed by atoms with Crippen LogP contribution >= 0.6 is 11.3 Å². The molecule has 0 bridgehead atoms. The van der Waals surface area contributed by atoms with E-state index < -0.39 is 0 Å². The van der Waals surface area contributed by atoms with Gasteiger partial charge in [-0.15, -0.1) is 11.3 Å². The molecule has 0 spiro atoms. The van der Waals surface area contributed by atoms with Gasteiger partial charge in [0.25, 0.3) is 0 Å². The van der Waals surface area contributed by atoms with Gasteiger partial charge in [-0.05, 0) is 32.9 Å². The average Bonchev–Trinajstić information content (AvgIpc) is 2.80. The highest BCUT2D eigenvalue weighted by molar-refractivity contribution is 7.07. The first-order chi connectivity index (χ1) is 10.2. The topological polar surface area (TPSA) is 59.1 Å². The maximum Gasteiger partial charge on any atom is 0.205 e. The third-order valence-electron chi connectivity index (χ3n) is 2.77. The van der Waals surface area contributed by atoms with E-state index in [4.69, 9.17) is 4.74 Å². The summed E-state index contributed by atoms with van der Waals surface area (Å²) in [6, 6.07) is 5.18. The van der Waals surface area contributed by atoms with Gasteiger partial charge in [0, 0.05) is 23.6 Å². The Hall–Kier alpha value is -2.08. The molecule has 0 aliphatic rings. The lowest BCUT2D eigenvalue weighted by atomic mass is 10.2. The Balaban J connectivity index is 2.30. The van der Waals surface area contributed by atoms with Gasteiger partial charge in [-0.2, -0.15) is 5.10 Å². The van der Waals surface area contributed by atoms with E-state index in [0.717, 1.165) is 10.5 Å². The van der Waals surface area contributed by atoms with Crippen molar-refractivity contribution in [3.63, 3.8) is 0 Å². The maximum atomic E-state index is 9.99. The van der Waals surface area contributed by atoms with E-state index in [9.17, 15) is 5.11 Å². The summed E-state index contributed by atoms with van der Waals surface area (Å²) in [6.07, 6.45) is 1.62. The molecule has 0 fully saturated rings. The van der Waals surface area contributed by atoms with Crippen LogP contribution in [0.25, 0.3) is 0 Å². The molecule has 1 aromatic carbocycles. The maximum absolute atomic E-state index is 9.99. The molecule has 2 rings (SSSR count). The van der Waals surface area contributed by atoms with Crippen molar-refractivity contribution in [2.75, 3.05) is 13.2 Å². The average molecular weight is 305 g/mol. The Morgan fingerprint density at radius 1 is 1.38 bits per heavy atom. The fourth-order valence-corrected chi connectivity index (χ4v) is 2.65. The molecule has 1 N–H and O–H groups in total. The van der Waals surface area contributed by atoms with E-state index in [1.807, 2.05) is 32.2 Å². The molecular weight excluding hydrogens is 286 g/mol. The lowest BCUT2D eigenvalue weighted by Gasteiger charge is -2.05. The first-order valence-electron chi connectivity index (χ1n) is 6.83. The summed E-state index contributed by atoms with van der Waals surface area (Å²) in [6.45, 7) is 7.14. The zero-order chi connectivity index (χ0) is 15.2. The van der Waals surface area contributed by atoms with Crippen LogP contribution in [-0.2, 0) is 0 Å². The van der Waals surface area contributed by atoms with Crippen molar-refractivity contribution >= 4 is 17.6 Å². The van der Waals surface area contributed by atoms with Crippen LogP contribution in [0.3, 0.4) is 0 Å². The van der Waals surface area contributed by atoms with E-state index in [-0.39, 0.29) is 5.75 Å². The smallest absolute Gasteiger partial charge is 0.205 e. The van der Waals surface area contributed by atoms with E-state index >= 15 is 0 Å². The van der Waals surface area contributed by atoms with E-state index in [1.165, 1.54) is 0 Å². The number of ether oxygens (including phenoxy) is 1. The summed E-state index contributed by atoms with van der Waals surface area (Å²) in [7, 11) is 0. The third-order valence-corrected chi connectivity index (χ3v) is 3.74. The Morgan fingerprint density at radius 3 is 2.86 bits per heavy atom. The molecule has 5 nitrogen and oxygen atoms in total. The zero-order valence-corrected chi connectivity index (χ0v) is 13.2. The van der Waals surface area contributed by atoms with Crippen LogP contribution in [0.1, 0.15) is 25.1 Å². The van der Waals surface area contributed by atoms with Crippen molar-refractivity contribution in [1.29, 1.82) is 0 Å². The van der Waals surface area contributed by atoms with Crippen LogP contribution in [0, 0.1) is 6.92 Å². The van der Waals surface area contributed by atoms with Gasteiger partial charge < -0.3 is 9.84 Å². The largest absolute Gasteiger partial charge is 0.507 e. The minimum atomic E-state index is 0.146. The molecule has 0 amide bonds. The van der Waals surface area contributed by atoms with Crippen LogP contribution in [0.15, 0.2) is 33.7 Å². The van der Waals surface area contributed by atoms with Crippen LogP contribution in [0.4, 0.5) is 0 Å². The second-order valence-electron chi connectivity index (χ2n) is 4.34. The first kappa shape index (κ1) is 15.3. The molecule has 0 saturated carbocycles. The molecular formula is C15H19N3O2S. The van der Waals surface area contributed by atoms with Gasteiger partial charge in [0.05, 0.1) is 18.5 Å². The molecule has 0 saturated heterocycles. The number of phenolic OH excluding ortho intramolecular Hbond substituents is 1. The van der Waals surface area contributed by atoms with Crippen molar-refractivity contribution in [2.45, 2.75) is 20.8 Å². The summed E-state index contributed by atoms with van der Waals surface area (Å²) in [5.74, 6) is 0.792. The Bertz CT molecular complexity index is 701. The van der Waals surface area contributed by atoms with Gasteiger partial charge in [0.2, 0.25) is 4.80 Å². The van der Waals surface area contributed by atoms with Crippen LogP contribution < -0.4 is 9.54 Å². The minimum Gasteiger partial charge on any atom is -0.507 e. The highest BCUT2D eigenvalue weighted by Gasteiger charge is 2.02. The van der Waals surface area contributed by atoms with Gasteiger partial charge >= 0.3 is 0 Å². The van der Waals surface area contributed by atoms with Crippen LogP contribution in [0.5, 0.6) is 11.5 Å². The summed E-state index contributed by atoms with van der Waals surface area (Å²) in [5.41, 5.74) is 1.65. The normalized spacial score (nSPS) is 12.2. The minimum absolute atomic E-state index is 0.146. The number of thiazole rings is 1. The second-order valence-corrected chi connectivity index (χ2v) is 5.18. The molecule has 0 aliphatic heterocycles. The van der Waals surface area contributed by atoms with Gasteiger partial charge in [-0.1, -0.05) is 0 Å². The summed E-state index contributed by atoms with van der Waals surface area (Å²) >= 11 is 1.55. The molecule has 0 radical (unpaired) electrons. The fourth-order valence-electron chi connectivity index (χ4n) is 1.78. The molecule has 0 aliphatic carbocycles. The highest BCUT2D eigenvalue weighted by Crippen LogP contribution is 2.22. The first-order valence-corrected chi connectivity index (χ1v) is 7.71. The lowest BCUT2D eigenvalue weighted by Crippen LogP contribution is -2.12. The zero-order valence-electron chi connectivity index (χ0n) is 12.4. The molecule has 112 valence electrons. The number of benzene rings is 1. The molecule has 21 heavy (non-hydrogen) atoms. The lowest BCUT2D eigenvalue weighted by molar-refractivity contribution is 0.337. The van der Waals surface area contributed by atoms with Crippen molar-refractivity contribution in [3.05, 3.63) is 39.6 Å². The molecule has 6 heteroatoms. The quantitative estimate of drug-likeness (QED) is 0.864.